The predicted molar refractivity (Wildman–Crippen MR) is 72.0 cm³/mol. The van der Waals surface area contributed by atoms with Crippen LogP contribution in [0, 0.1) is 11.8 Å². The lowest BCUT2D eigenvalue weighted by atomic mass is 9.93. The number of nitrogens with one attached hydrogen (secondary N) is 1. The van der Waals surface area contributed by atoms with Crippen LogP contribution in [0.1, 0.15) is 44.0 Å². The monoisotopic (exact) mass is 233 g/mol. The van der Waals surface area contributed by atoms with E-state index in [-0.39, 0.29) is 5.91 Å². The van der Waals surface area contributed by atoms with E-state index in [1.54, 1.807) is 0 Å². The highest BCUT2D eigenvalue weighted by atomic mass is 16.1. The van der Waals surface area contributed by atoms with Crippen LogP contribution in [0.2, 0.25) is 0 Å². The summed E-state index contributed by atoms with van der Waals surface area (Å²) in [5.41, 5.74) is 0.740. The van der Waals surface area contributed by atoms with Crippen LogP contribution in [0.5, 0.6) is 0 Å². The highest BCUT2D eigenvalue weighted by molar-refractivity contribution is 5.94. The van der Waals surface area contributed by atoms with Gasteiger partial charge < -0.3 is 5.32 Å². The lowest BCUT2D eigenvalue weighted by molar-refractivity contribution is 0.0952. The Balaban J connectivity index is 2.22. The summed E-state index contributed by atoms with van der Waals surface area (Å²) in [6.07, 6.45) is 2.23. The van der Waals surface area contributed by atoms with Crippen molar-refractivity contribution in [2.24, 2.45) is 11.8 Å². The summed E-state index contributed by atoms with van der Waals surface area (Å²) in [7, 11) is 0. The Morgan fingerprint density at radius 2 is 1.82 bits per heavy atom. The van der Waals surface area contributed by atoms with Crippen molar-refractivity contribution in [2.75, 3.05) is 6.54 Å². The lowest BCUT2D eigenvalue weighted by Gasteiger charge is -2.15. The number of benzene rings is 1. The van der Waals surface area contributed by atoms with Crippen LogP contribution in [0.4, 0.5) is 0 Å². The molecule has 1 aromatic rings. The maximum atomic E-state index is 11.7. The zero-order valence-corrected chi connectivity index (χ0v) is 11.1. The molecule has 0 spiro atoms. The fourth-order valence-corrected chi connectivity index (χ4v) is 1.65. The van der Waals surface area contributed by atoms with Gasteiger partial charge in [0.2, 0.25) is 0 Å². The van der Waals surface area contributed by atoms with Gasteiger partial charge in [0.25, 0.3) is 5.91 Å². The quantitative estimate of drug-likeness (QED) is 0.749. The molecule has 2 nitrogen and oxygen atoms in total. The molecule has 17 heavy (non-hydrogen) atoms. The van der Waals surface area contributed by atoms with Gasteiger partial charge in [-0.05, 0) is 36.8 Å². The van der Waals surface area contributed by atoms with Crippen molar-refractivity contribution in [3.63, 3.8) is 0 Å². The maximum absolute atomic E-state index is 11.7. The first kappa shape index (κ1) is 13.8. The average molecular weight is 233 g/mol. The molecule has 1 rings (SSSR count). The fourth-order valence-electron chi connectivity index (χ4n) is 1.65. The van der Waals surface area contributed by atoms with Gasteiger partial charge in [0, 0.05) is 12.1 Å². The largest absolute Gasteiger partial charge is 0.352 e. The summed E-state index contributed by atoms with van der Waals surface area (Å²) in [6.45, 7) is 7.52. The number of rotatable bonds is 6. The molecule has 1 atom stereocenters. The van der Waals surface area contributed by atoms with Crippen molar-refractivity contribution in [3.05, 3.63) is 35.9 Å². The minimum absolute atomic E-state index is 0.0304. The molecule has 1 unspecified atom stereocenters. The molecule has 0 saturated carbocycles. The summed E-state index contributed by atoms with van der Waals surface area (Å²) in [5, 5.41) is 2.95. The fraction of sp³-hybridized carbons (Fsp3) is 0.533. The second kappa shape index (κ2) is 7.10. The van der Waals surface area contributed by atoms with E-state index in [2.05, 4.69) is 26.1 Å². The van der Waals surface area contributed by atoms with Crippen LogP contribution in [0.25, 0.3) is 0 Å². The predicted octanol–water partition coefficient (Wildman–Crippen LogP) is 3.49. The first-order chi connectivity index (χ1) is 8.11. The molecule has 1 amide bonds. The van der Waals surface area contributed by atoms with Crippen LogP contribution in [-0.4, -0.2) is 12.5 Å². The molecule has 0 saturated heterocycles. The molecule has 0 aliphatic heterocycles. The van der Waals surface area contributed by atoms with Crippen molar-refractivity contribution < 1.29 is 4.79 Å². The third kappa shape index (κ3) is 5.03. The van der Waals surface area contributed by atoms with Gasteiger partial charge in [-0.1, -0.05) is 39.0 Å². The standard InChI is InChI=1S/C15H23NO/c1-12(2)13(3)8-7-11-16-15(17)14-9-5-4-6-10-14/h4-6,9-10,12-13H,7-8,11H2,1-3H3,(H,16,17). The van der Waals surface area contributed by atoms with Gasteiger partial charge in [0.1, 0.15) is 0 Å². The zero-order chi connectivity index (χ0) is 12.7. The number of amides is 1. The normalized spacial score (nSPS) is 12.5. The SMILES string of the molecule is CC(C)C(C)CCCNC(=O)c1ccccc1. The second-order valence-electron chi connectivity index (χ2n) is 4.99. The molecule has 1 aromatic carbocycles. The minimum Gasteiger partial charge on any atom is -0.352 e. The molecule has 0 heterocycles. The van der Waals surface area contributed by atoms with E-state index in [1.165, 1.54) is 6.42 Å². The van der Waals surface area contributed by atoms with E-state index in [9.17, 15) is 4.79 Å². The van der Waals surface area contributed by atoms with Crippen LogP contribution in [0.15, 0.2) is 30.3 Å². The Labute approximate surface area is 104 Å². The van der Waals surface area contributed by atoms with Crippen molar-refractivity contribution >= 4 is 5.91 Å². The first-order valence-electron chi connectivity index (χ1n) is 6.44. The summed E-state index contributed by atoms with van der Waals surface area (Å²) >= 11 is 0. The first-order valence-corrected chi connectivity index (χ1v) is 6.44. The molecule has 0 aromatic heterocycles. The molecule has 0 bridgehead atoms. The van der Waals surface area contributed by atoms with Gasteiger partial charge in [-0.25, -0.2) is 0 Å². The van der Waals surface area contributed by atoms with E-state index in [1.807, 2.05) is 30.3 Å². The van der Waals surface area contributed by atoms with Crippen LogP contribution in [0.3, 0.4) is 0 Å². The smallest absolute Gasteiger partial charge is 0.251 e. The maximum Gasteiger partial charge on any atom is 0.251 e. The Hall–Kier alpha value is -1.31. The average Bonchev–Trinajstić information content (AvgIpc) is 2.35. The van der Waals surface area contributed by atoms with Gasteiger partial charge in [-0.2, -0.15) is 0 Å². The van der Waals surface area contributed by atoms with Crippen molar-refractivity contribution in [1.29, 1.82) is 0 Å². The Bertz CT molecular complexity index is 332. The third-order valence-corrected chi connectivity index (χ3v) is 3.30. The van der Waals surface area contributed by atoms with Gasteiger partial charge in [-0.15, -0.1) is 0 Å². The van der Waals surface area contributed by atoms with Gasteiger partial charge in [-0.3, -0.25) is 4.79 Å². The summed E-state index contributed by atoms with van der Waals surface area (Å²) < 4.78 is 0. The highest BCUT2D eigenvalue weighted by Crippen LogP contribution is 2.15. The lowest BCUT2D eigenvalue weighted by Crippen LogP contribution is -2.24. The molecule has 0 radical (unpaired) electrons. The molecule has 0 aliphatic rings. The molecule has 2 heteroatoms. The van der Waals surface area contributed by atoms with Crippen molar-refractivity contribution in [3.8, 4) is 0 Å². The zero-order valence-electron chi connectivity index (χ0n) is 11.1. The molecule has 0 fully saturated rings. The van der Waals surface area contributed by atoms with Gasteiger partial charge in [0.05, 0.1) is 0 Å². The minimum atomic E-state index is 0.0304. The summed E-state index contributed by atoms with van der Waals surface area (Å²) in [4.78, 5) is 11.7. The van der Waals surface area contributed by atoms with Crippen molar-refractivity contribution in [2.45, 2.75) is 33.6 Å². The van der Waals surface area contributed by atoms with Gasteiger partial charge >= 0.3 is 0 Å². The highest BCUT2D eigenvalue weighted by Gasteiger charge is 2.07. The summed E-state index contributed by atoms with van der Waals surface area (Å²) in [5.74, 6) is 1.48. The second-order valence-corrected chi connectivity index (χ2v) is 4.99. The molecule has 94 valence electrons. The number of hydrogen-bond donors (Lipinski definition) is 1. The number of carbonyl (C=O) groups excluding carboxylic acids is 1. The van der Waals surface area contributed by atoms with Gasteiger partial charge in [0.15, 0.2) is 0 Å². The Morgan fingerprint density at radius 3 is 2.41 bits per heavy atom. The van der Waals surface area contributed by atoms with Crippen LogP contribution in [-0.2, 0) is 0 Å². The van der Waals surface area contributed by atoms with E-state index in [0.717, 1.165) is 30.4 Å². The Kier molecular flexibility index (Phi) is 5.75. The van der Waals surface area contributed by atoms with Crippen LogP contribution >= 0.6 is 0 Å². The molecular weight excluding hydrogens is 210 g/mol. The Morgan fingerprint density at radius 1 is 1.18 bits per heavy atom. The van der Waals surface area contributed by atoms with Crippen LogP contribution < -0.4 is 5.32 Å². The van der Waals surface area contributed by atoms with E-state index in [0.29, 0.717) is 0 Å². The molecular formula is C15H23NO. The van der Waals surface area contributed by atoms with E-state index < -0.39 is 0 Å². The summed E-state index contributed by atoms with van der Waals surface area (Å²) in [6, 6.07) is 9.37. The van der Waals surface area contributed by atoms with E-state index in [4.69, 9.17) is 0 Å². The number of carbonyl (C=O) groups is 1. The molecule has 1 N–H and O–H groups in total. The van der Waals surface area contributed by atoms with Crippen molar-refractivity contribution in [1.82, 2.24) is 5.32 Å². The number of hydrogen-bond acceptors (Lipinski definition) is 1. The van der Waals surface area contributed by atoms with E-state index >= 15 is 0 Å². The topological polar surface area (TPSA) is 29.1 Å². The third-order valence-electron chi connectivity index (χ3n) is 3.30. The molecule has 0 aliphatic carbocycles.